The fraction of sp³-hybridized carbons (Fsp3) is 0.120. The van der Waals surface area contributed by atoms with E-state index in [1.54, 1.807) is 18.2 Å². The van der Waals surface area contributed by atoms with Crippen molar-refractivity contribution in [2.75, 3.05) is 6.61 Å². The number of aromatic nitrogens is 4. The highest BCUT2D eigenvalue weighted by Gasteiger charge is 2.30. The van der Waals surface area contributed by atoms with E-state index in [0.717, 1.165) is 11.6 Å². The molecule has 0 bridgehead atoms. The number of fused-ring (bicyclic) bond motifs is 4. The maximum absolute atomic E-state index is 15.1. The summed E-state index contributed by atoms with van der Waals surface area (Å²) in [6, 6.07) is 9.27. The quantitative estimate of drug-likeness (QED) is 0.369. The molecule has 1 aliphatic heterocycles. The highest BCUT2D eigenvalue weighted by molar-refractivity contribution is 6.11. The van der Waals surface area contributed by atoms with Gasteiger partial charge in [0.1, 0.15) is 17.3 Å². The Morgan fingerprint density at radius 1 is 1.17 bits per heavy atom. The topological polar surface area (TPSA) is 130 Å². The highest BCUT2D eigenvalue weighted by Crippen LogP contribution is 2.43. The van der Waals surface area contributed by atoms with E-state index in [0.29, 0.717) is 29.7 Å². The first-order chi connectivity index (χ1) is 16.9. The molecule has 0 atom stereocenters. The Labute approximate surface area is 195 Å². The first-order valence-corrected chi connectivity index (χ1v) is 10.8. The van der Waals surface area contributed by atoms with Gasteiger partial charge in [0.15, 0.2) is 0 Å². The minimum absolute atomic E-state index is 0.102. The minimum Gasteiger partial charge on any atom is -0.492 e. The lowest BCUT2D eigenvalue weighted by molar-refractivity contribution is 0.0687. The second-order valence-electron chi connectivity index (χ2n) is 8.27. The van der Waals surface area contributed by atoms with Gasteiger partial charge in [-0.25, -0.2) is 14.2 Å². The van der Waals surface area contributed by atoms with Crippen molar-refractivity contribution in [1.82, 2.24) is 19.5 Å². The smallest absolute Gasteiger partial charge is 0.353 e. The van der Waals surface area contributed by atoms with Crippen LogP contribution in [0.5, 0.6) is 5.75 Å². The van der Waals surface area contributed by atoms with Crippen molar-refractivity contribution in [2.45, 2.75) is 13.0 Å². The molecule has 3 N–H and O–H groups in total. The van der Waals surface area contributed by atoms with E-state index in [1.165, 1.54) is 23.2 Å². The third-order valence-corrected chi connectivity index (χ3v) is 6.31. The molecule has 4 heterocycles. The van der Waals surface area contributed by atoms with Gasteiger partial charge in [0.25, 0.3) is 11.1 Å². The number of ether oxygens (including phenoxy) is 1. The van der Waals surface area contributed by atoms with Gasteiger partial charge in [-0.05, 0) is 29.8 Å². The van der Waals surface area contributed by atoms with Gasteiger partial charge in [-0.15, -0.1) is 0 Å². The number of nitrogens with one attached hydrogen (secondary N) is 2. The Morgan fingerprint density at radius 2 is 2.03 bits per heavy atom. The third kappa shape index (κ3) is 3.14. The number of hydrogen-bond acceptors (Lipinski definition) is 5. The monoisotopic (exact) mass is 472 g/mol. The summed E-state index contributed by atoms with van der Waals surface area (Å²) >= 11 is 0. The van der Waals surface area contributed by atoms with E-state index in [4.69, 9.17) is 4.74 Å². The van der Waals surface area contributed by atoms with Gasteiger partial charge in [-0.1, -0.05) is 6.07 Å². The molecule has 1 aliphatic rings. The molecule has 3 aromatic heterocycles. The second-order valence-corrected chi connectivity index (χ2v) is 8.27. The molecule has 0 aliphatic carbocycles. The van der Waals surface area contributed by atoms with Crippen molar-refractivity contribution in [2.24, 2.45) is 0 Å². The van der Waals surface area contributed by atoms with E-state index in [1.807, 2.05) is 6.07 Å². The average Bonchev–Trinajstić information content (AvgIpc) is 3.43. The molecular formula is C25H17FN4O5. The molecule has 10 heteroatoms. The largest absolute Gasteiger partial charge is 0.492 e. The van der Waals surface area contributed by atoms with Gasteiger partial charge in [0.05, 0.1) is 46.8 Å². The summed E-state index contributed by atoms with van der Waals surface area (Å²) in [5.41, 5.74) is 0.953. The zero-order valence-electron chi connectivity index (χ0n) is 18.1. The molecule has 6 rings (SSSR count). The zero-order valence-corrected chi connectivity index (χ0v) is 18.1. The number of carboxylic acids is 1. The maximum atomic E-state index is 15.1. The summed E-state index contributed by atoms with van der Waals surface area (Å²) < 4.78 is 22.4. The van der Waals surface area contributed by atoms with E-state index >= 15 is 4.39 Å². The number of carboxylic acid groups (broad SMARTS) is 1. The fourth-order valence-electron chi connectivity index (χ4n) is 4.77. The lowest BCUT2D eigenvalue weighted by Crippen LogP contribution is -2.14. The van der Waals surface area contributed by atoms with Crippen LogP contribution in [0.15, 0.2) is 58.5 Å². The predicted octanol–water partition coefficient (Wildman–Crippen LogP) is 3.05. The van der Waals surface area contributed by atoms with E-state index in [9.17, 15) is 19.5 Å². The number of halogens is 1. The van der Waals surface area contributed by atoms with Crippen LogP contribution in [0.1, 0.15) is 21.6 Å². The predicted molar refractivity (Wildman–Crippen MR) is 126 cm³/mol. The molecule has 0 saturated carbocycles. The van der Waals surface area contributed by atoms with Gasteiger partial charge in [0, 0.05) is 29.8 Å². The van der Waals surface area contributed by atoms with Crippen molar-refractivity contribution < 1.29 is 19.0 Å². The first-order valence-electron chi connectivity index (χ1n) is 10.8. The van der Waals surface area contributed by atoms with Crippen LogP contribution < -0.4 is 15.9 Å². The van der Waals surface area contributed by atoms with Crippen LogP contribution in [0.2, 0.25) is 0 Å². The van der Waals surface area contributed by atoms with Gasteiger partial charge >= 0.3 is 5.97 Å². The maximum Gasteiger partial charge on any atom is 0.353 e. The number of hydrogen-bond donors (Lipinski definition) is 3. The molecule has 2 aromatic carbocycles. The summed E-state index contributed by atoms with van der Waals surface area (Å²) in [4.78, 5) is 46.6. The molecular weight excluding hydrogens is 455 g/mol. The number of aromatic amines is 2. The van der Waals surface area contributed by atoms with Crippen molar-refractivity contribution >= 4 is 27.8 Å². The van der Waals surface area contributed by atoms with E-state index < -0.39 is 22.9 Å². The summed E-state index contributed by atoms with van der Waals surface area (Å²) in [5, 5.41) is 10.9. The molecule has 174 valence electrons. The number of pyridine rings is 1. The van der Waals surface area contributed by atoms with Crippen LogP contribution in [0.25, 0.3) is 32.9 Å². The first kappa shape index (κ1) is 20.8. The molecule has 35 heavy (non-hydrogen) atoms. The summed E-state index contributed by atoms with van der Waals surface area (Å²) in [6.07, 6.45) is 3.30. The standard InChI is InChI=1S/C25H17FN4O5/c26-16-9-17-15(24(32)29-11-28-17)8-13(16)10-30-18-4-3-12-5-7-35-22(12)20(18)19(21(30)25(33)34)14-2-1-6-27-23(14)31/h1-4,6,8-9,11H,5,7,10H2,(H,27,31)(H,33,34)(H,28,29,32). The van der Waals surface area contributed by atoms with Crippen LogP contribution in [0.4, 0.5) is 4.39 Å². The van der Waals surface area contributed by atoms with Gasteiger partial charge < -0.3 is 24.4 Å². The van der Waals surface area contributed by atoms with Gasteiger partial charge in [-0.3, -0.25) is 9.59 Å². The van der Waals surface area contributed by atoms with Crippen LogP contribution in [-0.2, 0) is 13.0 Å². The molecule has 0 unspecified atom stereocenters. The van der Waals surface area contributed by atoms with Gasteiger partial charge in [0.2, 0.25) is 0 Å². The zero-order chi connectivity index (χ0) is 24.3. The molecule has 0 fully saturated rings. The molecule has 9 nitrogen and oxygen atoms in total. The summed E-state index contributed by atoms with van der Waals surface area (Å²) in [5.74, 6) is -1.40. The molecule has 0 amide bonds. The Morgan fingerprint density at radius 3 is 2.83 bits per heavy atom. The summed E-state index contributed by atoms with van der Waals surface area (Å²) in [7, 11) is 0. The molecule has 0 spiro atoms. The van der Waals surface area contributed by atoms with Crippen LogP contribution >= 0.6 is 0 Å². The van der Waals surface area contributed by atoms with Crippen molar-refractivity contribution in [3.63, 3.8) is 0 Å². The molecule has 5 aromatic rings. The number of benzene rings is 2. The normalized spacial score (nSPS) is 12.7. The number of rotatable bonds is 4. The average molecular weight is 472 g/mol. The van der Waals surface area contributed by atoms with E-state index in [-0.39, 0.29) is 39.8 Å². The summed E-state index contributed by atoms with van der Waals surface area (Å²) in [6.45, 7) is 0.236. The lowest BCUT2D eigenvalue weighted by atomic mass is 10.0. The van der Waals surface area contributed by atoms with Crippen molar-refractivity contribution in [3.05, 3.63) is 92.3 Å². The van der Waals surface area contributed by atoms with Crippen LogP contribution in [-0.4, -0.2) is 37.2 Å². The van der Waals surface area contributed by atoms with Crippen LogP contribution in [0, 0.1) is 5.82 Å². The Hall–Kier alpha value is -4.73. The minimum atomic E-state index is -1.29. The van der Waals surface area contributed by atoms with Crippen LogP contribution in [0.3, 0.4) is 0 Å². The Balaban J connectivity index is 1.69. The number of nitrogens with zero attached hydrogens (tertiary/aromatic N) is 2. The van der Waals surface area contributed by atoms with Crippen molar-refractivity contribution in [1.29, 1.82) is 0 Å². The lowest BCUT2D eigenvalue weighted by Gasteiger charge is -2.11. The third-order valence-electron chi connectivity index (χ3n) is 6.31. The SMILES string of the molecule is O=C(O)c1c(-c2ccc[nH]c2=O)c2c3c(ccc2n1Cc1cc2c(=O)[nH]cnc2cc1F)CCO3. The van der Waals surface area contributed by atoms with Crippen molar-refractivity contribution in [3.8, 4) is 16.9 Å². The molecule has 0 radical (unpaired) electrons. The fourth-order valence-corrected chi connectivity index (χ4v) is 4.77. The highest BCUT2D eigenvalue weighted by atomic mass is 19.1. The Bertz CT molecular complexity index is 1800. The number of aromatic carboxylic acids is 1. The Kier molecular flexibility index (Phi) is 4.56. The van der Waals surface area contributed by atoms with E-state index in [2.05, 4.69) is 15.0 Å². The molecule has 0 saturated heterocycles. The second kappa shape index (κ2) is 7.66. The number of carbonyl (C=O) groups is 1. The van der Waals surface area contributed by atoms with Gasteiger partial charge in [-0.2, -0.15) is 0 Å². The number of H-pyrrole nitrogens is 2.